The van der Waals surface area contributed by atoms with Gasteiger partial charge in [0.2, 0.25) is 0 Å². The Hall–Kier alpha value is -0.760. The molecule has 0 aliphatic rings. The number of benzene rings is 1. The molecule has 1 aromatic rings. The zero-order valence-electron chi connectivity index (χ0n) is 8.92. The minimum absolute atomic E-state index is 0.115. The fourth-order valence-electron chi connectivity index (χ4n) is 1.28. The van der Waals surface area contributed by atoms with Crippen LogP contribution in [-0.4, -0.2) is 12.0 Å². The second-order valence-corrected chi connectivity index (χ2v) is 4.29. The minimum Gasteiger partial charge on any atom is -0.450 e. The Morgan fingerprint density at radius 2 is 2.12 bits per heavy atom. The normalized spacial score (nSPS) is 14.9. The molecule has 1 aromatic carbocycles. The topological polar surface area (TPSA) is 9.23 Å². The lowest BCUT2D eigenvalue weighted by Gasteiger charge is -2.21. The van der Waals surface area contributed by atoms with Crippen molar-refractivity contribution < 1.29 is 17.9 Å². The van der Waals surface area contributed by atoms with E-state index in [4.69, 9.17) is 0 Å². The van der Waals surface area contributed by atoms with Crippen molar-refractivity contribution in [3.63, 3.8) is 0 Å². The monoisotopic (exact) mass is 250 g/mol. The lowest BCUT2D eigenvalue weighted by atomic mass is 10.1. The van der Waals surface area contributed by atoms with Crippen molar-refractivity contribution in [1.29, 1.82) is 0 Å². The third-order valence-electron chi connectivity index (χ3n) is 2.01. The summed E-state index contributed by atoms with van der Waals surface area (Å²) < 4.78 is 42.3. The maximum Gasteiger partial charge on any atom is 0.319 e. The van der Waals surface area contributed by atoms with E-state index in [-0.39, 0.29) is 5.75 Å². The molecule has 0 heterocycles. The van der Waals surface area contributed by atoms with Gasteiger partial charge in [-0.15, -0.1) is 0 Å². The molecule has 5 heteroatoms. The van der Waals surface area contributed by atoms with Crippen LogP contribution in [0, 0.1) is 0 Å². The summed E-state index contributed by atoms with van der Waals surface area (Å²) in [6.45, 7) is 2.00. The summed E-state index contributed by atoms with van der Waals surface area (Å²) in [6.07, 6.45) is -1.46. The first kappa shape index (κ1) is 13.3. The van der Waals surface area contributed by atoms with Gasteiger partial charge in [-0.2, -0.15) is 4.39 Å². The fourth-order valence-corrected chi connectivity index (χ4v) is 1.41. The highest BCUT2D eigenvalue weighted by Gasteiger charge is 2.37. The summed E-state index contributed by atoms with van der Waals surface area (Å²) in [5.74, 6) is 0.115. The van der Waals surface area contributed by atoms with Crippen molar-refractivity contribution >= 4 is 9.24 Å². The van der Waals surface area contributed by atoms with Gasteiger partial charge in [0.25, 0.3) is 0 Å². The number of ether oxygens (including phenoxy) is 1. The van der Waals surface area contributed by atoms with Gasteiger partial charge in [0.15, 0.2) is 0 Å². The number of hydrogen-bond donors (Lipinski definition) is 0. The van der Waals surface area contributed by atoms with Gasteiger partial charge >= 0.3 is 12.0 Å². The Bertz CT molecular complexity index is 342. The van der Waals surface area contributed by atoms with Gasteiger partial charge in [-0.25, -0.2) is 8.78 Å². The number of halogens is 3. The highest BCUT2D eigenvalue weighted by molar-refractivity contribution is 7.18. The molecule has 0 fully saturated rings. The van der Waals surface area contributed by atoms with Crippen LogP contribution in [0.25, 0.3) is 0 Å². The molecular formula is C11H14F3OP. The molecule has 0 amide bonds. The molecule has 2 atom stereocenters. The Morgan fingerprint density at radius 3 is 2.69 bits per heavy atom. The summed E-state index contributed by atoms with van der Waals surface area (Å²) in [6, 6.07) is 6.54. The Balaban J connectivity index is 2.77. The van der Waals surface area contributed by atoms with E-state index in [2.05, 4.69) is 4.74 Å². The lowest BCUT2D eigenvalue weighted by molar-refractivity contribution is -0.0970. The molecule has 2 unspecified atom stereocenters. The van der Waals surface area contributed by atoms with Gasteiger partial charge in [-0.3, -0.25) is 0 Å². The summed E-state index contributed by atoms with van der Waals surface area (Å²) in [4.78, 5) is 0. The maximum absolute atomic E-state index is 13.2. The van der Waals surface area contributed by atoms with Gasteiger partial charge in [0.05, 0.1) is 0 Å². The first-order chi connectivity index (χ1) is 7.45. The molecule has 0 bridgehead atoms. The molecule has 0 aliphatic heterocycles. The van der Waals surface area contributed by atoms with E-state index in [1.54, 1.807) is 12.1 Å². The summed E-state index contributed by atoms with van der Waals surface area (Å²) in [7, 11) is 1.38. The molecule has 1 rings (SSSR count). The number of alkyl halides is 3. The third kappa shape index (κ3) is 3.67. The number of hydrogen-bond acceptors (Lipinski definition) is 1. The molecule has 1 nitrogen and oxygen atoms in total. The van der Waals surface area contributed by atoms with Crippen molar-refractivity contribution in [3.8, 4) is 5.75 Å². The highest BCUT2D eigenvalue weighted by Crippen LogP contribution is 2.32. The standard InChI is InChI=1S/C11H14F3OP/c1-2-4-8-5-3-6-9(7-8)15-11(14,16)10(12)13/h3,5-7,10H,2,4,16H2,1H3. The van der Waals surface area contributed by atoms with Gasteiger partial charge in [0, 0.05) is 0 Å². The van der Waals surface area contributed by atoms with Crippen LogP contribution in [0.3, 0.4) is 0 Å². The van der Waals surface area contributed by atoms with Crippen molar-refractivity contribution in [3.05, 3.63) is 29.8 Å². The van der Waals surface area contributed by atoms with Crippen LogP contribution < -0.4 is 4.74 Å². The third-order valence-corrected chi connectivity index (χ3v) is 2.38. The van der Waals surface area contributed by atoms with E-state index in [1.807, 2.05) is 13.0 Å². The van der Waals surface area contributed by atoms with Crippen molar-refractivity contribution in [2.24, 2.45) is 0 Å². The predicted octanol–water partition coefficient (Wildman–Crippen LogP) is 3.78. The van der Waals surface area contributed by atoms with E-state index in [1.165, 1.54) is 15.3 Å². The molecule has 0 spiro atoms. The zero-order chi connectivity index (χ0) is 12.2. The summed E-state index contributed by atoms with van der Waals surface area (Å²) in [5, 5.41) is 0. The van der Waals surface area contributed by atoms with Crippen molar-refractivity contribution in [1.82, 2.24) is 0 Å². The van der Waals surface area contributed by atoms with Crippen LogP contribution in [0.5, 0.6) is 5.75 Å². The summed E-state index contributed by atoms with van der Waals surface area (Å²) >= 11 is 0. The molecule has 0 aromatic heterocycles. The Labute approximate surface area is 95.2 Å². The van der Waals surface area contributed by atoms with Crippen LogP contribution in [0.1, 0.15) is 18.9 Å². The second kappa shape index (κ2) is 5.53. The minimum atomic E-state index is -3.20. The molecule has 90 valence electrons. The summed E-state index contributed by atoms with van der Waals surface area (Å²) in [5.41, 5.74) is -2.08. The molecule has 0 saturated heterocycles. The molecule has 16 heavy (non-hydrogen) atoms. The van der Waals surface area contributed by atoms with Gasteiger partial charge in [-0.1, -0.05) is 25.5 Å². The maximum atomic E-state index is 13.2. The van der Waals surface area contributed by atoms with Gasteiger partial charge in [-0.05, 0) is 33.4 Å². The largest absolute Gasteiger partial charge is 0.450 e. The number of rotatable bonds is 5. The van der Waals surface area contributed by atoms with Crippen LogP contribution in [0.4, 0.5) is 13.2 Å². The Morgan fingerprint density at radius 1 is 1.44 bits per heavy atom. The quantitative estimate of drug-likeness (QED) is 0.722. The van der Waals surface area contributed by atoms with Crippen molar-refractivity contribution in [2.75, 3.05) is 0 Å². The second-order valence-electron chi connectivity index (χ2n) is 3.50. The smallest absolute Gasteiger partial charge is 0.319 e. The molecule has 0 saturated carbocycles. The van der Waals surface area contributed by atoms with Crippen LogP contribution in [0.2, 0.25) is 0 Å². The number of aryl methyl sites for hydroxylation is 1. The van der Waals surface area contributed by atoms with E-state index in [0.717, 1.165) is 18.4 Å². The van der Waals surface area contributed by atoms with E-state index >= 15 is 0 Å². The average molecular weight is 250 g/mol. The highest BCUT2D eigenvalue weighted by atomic mass is 31.0. The van der Waals surface area contributed by atoms with Gasteiger partial charge in [0.1, 0.15) is 5.75 Å². The lowest BCUT2D eigenvalue weighted by Crippen LogP contribution is -2.31. The van der Waals surface area contributed by atoms with E-state index in [0.29, 0.717) is 0 Å². The van der Waals surface area contributed by atoms with E-state index < -0.39 is 12.0 Å². The molecule has 0 N–H and O–H groups in total. The average Bonchev–Trinajstić information content (AvgIpc) is 2.17. The Kier molecular flexibility index (Phi) is 4.60. The van der Waals surface area contributed by atoms with Gasteiger partial charge < -0.3 is 4.74 Å². The fraction of sp³-hybridized carbons (Fsp3) is 0.455. The van der Waals surface area contributed by atoms with Crippen LogP contribution in [0.15, 0.2) is 24.3 Å². The van der Waals surface area contributed by atoms with Crippen LogP contribution in [-0.2, 0) is 6.42 Å². The SMILES string of the molecule is CCCc1cccc(OC(F)(P)C(F)F)c1. The molecular weight excluding hydrogens is 236 g/mol. The zero-order valence-corrected chi connectivity index (χ0v) is 10.1. The molecule has 0 aliphatic carbocycles. The predicted molar refractivity (Wildman–Crippen MR) is 60.6 cm³/mol. The van der Waals surface area contributed by atoms with Crippen LogP contribution >= 0.6 is 9.24 Å². The first-order valence-corrected chi connectivity index (χ1v) is 5.57. The first-order valence-electron chi connectivity index (χ1n) is 4.99. The molecule has 0 radical (unpaired) electrons. The van der Waals surface area contributed by atoms with Crippen molar-refractivity contribution in [2.45, 2.75) is 31.8 Å². The van der Waals surface area contributed by atoms with E-state index in [9.17, 15) is 13.2 Å².